The van der Waals surface area contributed by atoms with E-state index in [2.05, 4.69) is 15.9 Å². The van der Waals surface area contributed by atoms with Crippen LogP contribution in [0.5, 0.6) is 0 Å². The van der Waals surface area contributed by atoms with Gasteiger partial charge in [-0.15, -0.1) is 0 Å². The molecule has 0 unspecified atom stereocenters. The zero-order valence-electron chi connectivity index (χ0n) is 12.1. The molecular formula is C16H12BrNO4S. The van der Waals surface area contributed by atoms with E-state index in [0.717, 1.165) is 3.97 Å². The Bertz CT molecular complexity index is 994. The number of ether oxygens (including phenoxy) is 1. The van der Waals surface area contributed by atoms with Gasteiger partial charge >= 0.3 is 5.97 Å². The van der Waals surface area contributed by atoms with Gasteiger partial charge in [0.1, 0.15) is 0 Å². The Morgan fingerprint density at radius 3 is 2.48 bits per heavy atom. The second-order valence-electron chi connectivity index (χ2n) is 4.81. The summed E-state index contributed by atoms with van der Waals surface area (Å²) >= 11 is 3.31. The number of rotatable bonds is 3. The van der Waals surface area contributed by atoms with Crippen LogP contribution < -0.4 is 0 Å². The van der Waals surface area contributed by atoms with Crippen LogP contribution >= 0.6 is 15.9 Å². The zero-order chi connectivity index (χ0) is 16.6. The number of carbonyl (C=O) groups is 1. The van der Waals surface area contributed by atoms with Crippen molar-refractivity contribution in [1.29, 1.82) is 0 Å². The summed E-state index contributed by atoms with van der Waals surface area (Å²) in [6.45, 7) is 0. The number of benzene rings is 2. The molecule has 5 nitrogen and oxygen atoms in total. The van der Waals surface area contributed by atoms with E-state index >= 15 is 0 Å². The highest BCUT2D eigenvalue weighted by molar-refractivity contribution is 9.10. The molecule has 0 atom stereocenters. The summed E-state index contributed by atoms with van der Waals surface area (Å²) in [6, 6.07) is 13.0. The third-order valence-corrected chi connectivity index (χ3v) is 5.60. The van der Waals surface area contributed by atoms with Gasteiger partial charge in [0, 0.05) is 16.1 Å². The van der Waals surface area contributed by atoms with E-state index in [1.807, 2.05) is 0 Å². The number of nitrogens with zero attached hydrogens (tertiary/aromatic N) is 1. The first-order valence-corrected chi connectivity index (χ1v) is 8.88. The maximum absolute atomic E-state index is 12.8. The standard InChI is InChI=1S/C16H12BrNO4S/c1-22-16(19)14-9-11(17)10-15-13(14)7-8-18(15)23(20,21)12-5-3-2-4-6-12/h2-10H,1H3. The number of fused-ring (bicyclic) bond motifs is 1. The Kier molecular flexibility index (Phi) is 3.99. The van der Waals surface area contributed by atoms with Gasteiger partial charge in [0.25, 0.3) is 10.0 Å². The summed E-state index contributed by atoms with van der Waals surface area (Å²) in [5.74, 6) is -0.522. The van der Waals surface area contributed by atoms with Crippen LogP contribution in [-0.2, 0) is 14.8 Å². The summed E-state index contributed by atoms with van der Waals surface area (Å²) in [5.41, 5.74) is 0.711. The summed E-state index contributed by atoms with van der Waals surface area (Å²) in [6.07, 6.45) is 1.44. The average Bonchev–Trinajstić information content (AvgIpc) is 2.98. The van der Waals surface area contributed by atoms with Crippen molar-refractivity contribution in [3.05, 3.63) is 64.8 Å². The number of carbonyl (C=O) groups excluding carboxylic acids is 1. The molecule has 0 radical (unpaired) electrons. The van der Waals surface area contributed by atoms with Crippen molar-refractivity contribution in [2.75, 3.05) is 7.11 Å². The summed E-state index contributed by atoms with van der Waals surface area (Å²) in [5, 5.41) is 0.513. The van der Waals surface area contributed by atoms with E-state index in [-0.39, 0.29) is 4.90 Å². The minimum absolute atomic E-state index is 0.178. The number of halogens is 1. The van der Waals surface area contributed by atoms with Crippen LogP contribution in [0.25, 0.3) is 10.9 Å². The lowest BCUT2D eigenvalue weighted by molar-refractivity contribution is 0.0603. The highest BCUT2D eigenvalue weighted by Gasteiger charge is 2.21. The third-order valence-electron chi connectivity index (χ3n) is 3.44. The molecule has 1 heterocycles. The molecule has 0 aliphatic heterocycles. The lowest BCUT2D eigenvalue weighted by Crippen LogP contribution is -2.12. The fourth-order valence-corrected chi connectivity index (χ4v) is 4.18. The van der Waals surface area contributed by atoms with Crippen LogP contribution in [0.3, 0.4) is 0 Å². The highest BCUT2D eigenvalue weighted by Crippen LogP contribution is 2.28. The molecule has 0 aliphatic carbocycles. The minimum atomic E-state index is -3.74. The van der Waals surface area contributed by atoms with Crippen molar-refractivity contribution in [2.45, 2.75) is 4.90 Å². The molecule has 3 rings (SSSR count). The Labute approximate surface area is 141 Å². The molecule has 1 aromatic heterocycles. The van der Waals surface area contributed by atoms with Crippen molar-refractivity contribution in [3.63, 3.8) is 0 Å². The molecular weight excluding hydrogens is 382 g/mol. The second kappa shape index (κ2) is 5.82. The molecule has 0 N–H and O–H groups in total. The quantitative estimate of drug-likeness (QED) is 0.639. The van der Waals surface area contributed by atoms with Crippen LogP contribution in [0.4, 0.5) is 0 Å². The van der Waals surface area contributed by atoms with Gasteiger partial charge in [-0.2, -0.15) is 0 Å². The van der Waals surface area contributed by atoms with Crippen molar-refractivity contribution in [2.24, 2.45) is 0 Å². The predicted molar refractivity (Wildman–Crippen MR) is 90.0 cm³/mol. The van der Waals surface area contributed by atoms with E-state index in [4.69, 9.17) is 4.74 Å². The molecule has 0 saturated carbocycles. The monoisotopic (exact) mass is 393 g/mol. The van der Waals surface area contributed by atoms with E-state index in [1.54, 1.807) is 36.4 Å². The molecule has 0 bridgehead atoms. The Hall–Kier alpha value is -2.12. The Balaban J connectivity index is 2.29. The van der Waals surface area contributed by atoms with E-state index < -0.39 is 16.0 Å². The third kappa shape index (κ3) is 2.66. The average molecular weight is 394 g/mol. The van der Waals surface area contributed by atoms with Crippen molar-refractivity contribution >= 4 is 42.8 Å². The Morgan fingerprint density at radius 2 is 1.83 bits per heavy atom. The maximum Gasteiger partial charge on any atom is 0.338 e. The van der Waals surface area contributed by atoms with Crippen LogP contribution in [-0.4, -0.2) is 25.5 Å². The van der Waals surface area contributed by atoms with Crippen molar-refractivity contribution in [3.8, 4) is 0 Å². The van der Waals surface area contributed by atoms with Crippen LogP contribution in [0.15, 0.2) is 64.1 Å². The molecule has 0 aliphatic rings. The summed E-state index contributed by atoms with van der Waals surface area (Å²) in [7, 11) is -2.46. The van der Waals surface area contributed by atoms with E-state index in [9.17, 15) is 13.2 Å². The predicted octanol–water partition coefficient (Wildman–Crippen LogP) is 3.43. The molecule has 0 spiro atoms. The molecule has 0 amide bonds. The van der Waals surface area contributed by atoms with Gasteiger partial charge in [0.05, 0.1) is 23.1 Å². The van der Waals surface area contributed by atoms with Gasteiger partial charge in [-0.1, -0.05) is 34.1 Å². The lowest BCUT2D eigenvalue weighted by atomic mass is 10.1. The maximum atomic E-state index is 12.8. The van der Waals surface area contributed by atoms with Crippen molar-refractivity contribution < 1.29 is 17.9 Å². The summed E-state index contributed by atoms with van der Waals surface area (Å²) in [4.78, 5) is 12.1. The van der Waals surface area contributed by atoms with E-state index in [1.165, 1.54) is 25.4 Å². The SMILES string of the molecule is COC(=O)c1cc(Br)cc2c1ccn2S(=O)(=O)c1ccccc1. The number of hydrogen-bond donors (Lipinski definition) is 0. The Morgan fingerprint density at radius 1 is 1.13 bits per heavy atom. The van der Waals surface area contributed by atoms with Gasteiger partial charge in [-0.05, 0) is 30.3 Å². The molecule has 3 aromatic rings. The second-order valence-corrected chi connectivity index (χ2v) is 7.54. The first kappa shape index (κ1) is 15.8. The number of aromatic nitrogens is 1. The lowest BCUT2D eigenvalue weighted by Gasteiger charge is -2.09. The van der Waals surface area contributed by atoms with E-state index in [0.29, 0.717) is 20.9 Å². The highest BCUT2D eigenvalue weighted by atomic mass is 79.9. The first-order valence-electron chi connectivity index (χ1n) is 6.64. The molecule has 0 saturated heterocycles. The molecule has 23 heavy (non-hydrogen) atoms. The fourth-order valence-electron chi connectivity index (χ4n) is 2.38. The fraction of sp³-hybridized carbons (Fsp3) is 0.0625. The van der Waals surface area contributed by atoms with Gasteiger partial charge in [0.15, 0.2) is 0 Å². The van der Waals surface area contributed by atoms with Crippen LogP contribution in [0, 0.1) is 0 Å². The zero-order valence-corrected chi connectivity index (χ0v) is 14.5. The minimum Gasteiger partial charge on any atom is -0.465 e. The largest absolute Gasteiger partial charge is 0.465 e. The number of hydrogen-bond acceptors (Lipinski definition) is 4. The normalized spacial score (nSPS) is 11.6. The molecule has 0 fully saturated rings. The van der Waals surface area contributed by atoms with Gasteiger partial charge < -0.3 is 4.74 Å². The van der Waals surface area contributed by atoms with Crippen LogP contribution in [0.2, 0.25) is 0 Å². The number of esters is 1. The smallest absolute Gasteiger partial charge is 0.338 e. The topological polar surface area (TPSA) is 65.4 Å². The molecule has 118 valence electrons. The van der Waals surface area contributed by atoms with Crippen molar-refractivity contribution in [1.82, 2.24) is 3.97 Å². The number of methoxy groups -OCH3 is 1. The van der Waals surface area contributed by atoms with Crippen LogP contribution in [0.1, 0.15) is 10.4 Å². The van der Waals surface area contributed by atoms with Gasteiger partial charge in [0.2, 0.25) is 0 Å². The first-order chi connectivity index (χ1) is 10.9. The van der Waals surface area contributed by atoms with Gasteiger partial charge in [-0.3, -0.25) is 0 Å². The molecule has 2 aromatic carbocycles. The van der Waals surface area contributed by atoms with Gasteiger partial charge in [-0.25, -0.2) is 17.2 Å². The molecule has 7 heteroatoms. The summed E-state index contributed by atoms with van der Waals surface area (Å²) < 4.78 is 32.1.